The first-order valence-corrected chi connectivity index (χ1v) is 7.18. The van der Waals surface area contributed by atoms with Gasteiger partial charge in [-0.05, 0) is 18.4 Å². The van der Waals surface area contributed by atoms with E-state index >= 15 is 0 Å². The fourth-order valence-corrected chi connectivity index (χ4v) is 1.84. The summed E-state index contributed by atoms with van der Waals surface area (Å²) in [6, 6.07) is 1.77. The number of rotatable bonds is 6. The maximum absolute atomic E-state index is 5.94. The molecule has 0 spiro atoms. The van der Waals surface area contributed by atoms with Crippen molar-refractivity contribution in [1.29, 1.82) is 0 Å². The van der Waals surface area contributed by atoms with Crippen LogP contribution in [0.2, 0.25) is 5.15 Å². The predicted octanol–water partition coefficient (Wildman–Crippen LogP) is 3.42. The van der Waals surface area contributed by atoms with E-state index in [-0.39, 0.29) is 0 Å². The Morgan fingerprint density at radius 2 is 2.19 bits per heavy atom. The van der Waals surface area contributed by atoms with Crippen molar-refractivity contribution in [2.24, 2.45) is 0 Å². The van der Waals surface area contributed by atoms with E-state index in [9.17, 15) is 0 Å². The first-order chi connectivity index (χ1) is 7.63. The Labute approximate surface area is 106 Å². The molecule has 0 radical (unpaired) electrons. The first kappa shape index (κ1) is 13.6. The van der Waals surface area contributed by atoms with Crippen LogP contribution in [-0.2, 0) is 0 Å². The van der Waals surface area contributed by atoms with Gasteiger partial charge < -0.3 is 5.32 Å². The van der Waals surface area contributed by atoms with Crippen molar-refractivity contribution in [2.45, 2.75) is 26.2 Å². The molecule has 0 saturated heterocycles. The molecular weight excluding hydrogens is 242 g/mol. The fraction of sp³-hybridized carbons (Fsp3) is 0.636. The molecule has 16 heavy (non-hydrogen) atoms. The molecule has 0 fully saturated rings. The molecule has 0 aliphatic carbocycles. The third-order valence-corrected chi connectivity index (χ3v) is 2.95. The van der Waals surface area contributed by atoms with Gasteiger partial charge in [-0.2, -0.15) is 11.8 Å². The normalized spacial score (nSPS) is 10.8. The van der Waals surface area contributed by atoms with Gasteiger partial charge in [0.25, 0.3) is 0 Å². The Bertz CT molecular complexity index is 331. The third-order valence-electron chi connectivity index (χ3n) is 2.06. The van der Waals surface area contributed by atoms with E-state index in [2.05, 4.69) is 35.4 Å². The van der Waals surface area contributed by atoms with E-state index in [1.807, 2.05) is 11.8 Å². The number of nitrogens with one attached hydrogen (secondary N) is 1. The predicted molar refractivity (Wildman–Crippen MR) is 72.6 cm³/mol. The molecular formula is C11H18ClN3S. The lowest BCUT2D eigenvalue weighted by molar-refractivity contribution is 0.774. The summed E-state index contributed by atoms with van der Waals surface area (Å²) in [6.07, 6.45) is 3.23. The standard InChI is InChI=1S/C11H18ClN3S/c1-8(2)11-14-9(12)7-10(15-11)13-5-4-6-16-3/h7-8H,4-6H2,1-3H3,(H,13,14,15). The van der Waals surface area contributed by atoms with E-state index < -0.39 is 0 Å². The number of nitrogens with zero attached hydrogens (tertiary/aromatic N) is 2. The van der Waals surface area contributed by atoms with Crippen LogP contribution in [0.1, 0.15) is 32.0 Å². The van der Waals surface area contributed by atoms with Crippen molar-refractivity contribution in [3.8, 4) is 0 Å². The van der Waals surface area contributed by atoms with Crippen LogP contribution in [0, 0.1) is 0 Å². The SMILES string of the molecule is CSCCCNc1cc(Cl)nc(C(C)C)n1. The van der Waals surface area contributed by atoms with Crippen molar-refractivity contribution >= 4 is 29.2 Å². The van der Waals surface area contributed by atoms with Gasteiger partial charge in [0.2, 0.25) is 0 Å². The minimum Gasteiger partial charge on any atom is -0.370 e. The highest BCUT2D eigenvalue weighted by Gasteiger charge is 2.06. The second-order valence-corrected chi connectivity index (χ2v) is 5.23. The summed E-state index contributed by atoms with van der Waals surface area (Å²) >= 11 is 7.79. The van der Waals surface area contributed by atoms with Crippen LogP contribution in [0.15, 0.2) is 6.07 Å². The van der Waals surface area contributed by atoms with E-state index in [1.165, 1.54) is 0 Å². The Balaban J connectivity index is 2.58. The molecule has 1 N–H and O–H groups in total. The minimum atomic E-state index is 0.297. The number of halogens is 1. The number of aromatic nitrogens is 2. The Morgan fingerprint density at radius 1 is 1.44 bits per heavy atom. The maximum Gasteiger partial charge on any atom is 0.135 e. The molecule has 3 nitrogen and oxygen atoms in total. The molecule has 0 bridgehead atoms. The van der Waals surface area contributed by atoms with Gasteiger partial charge in [0.15, 0.2) is 0 Å². The van der Waals surface area contributed by atoms with Crippen LogP contribution in [0.5, 0.6) is 0 Å². The van der Waals surface area contributed by atoms with Gasteiger partial charge in [0.05, 0.1) is 0 Å². The van der Waals surface area contributed by atoms with E-state index in [0.29, 0.717) is 11.1 Å². The first-order valence-electron chi connectivity index (χ1n) is 5.40. The van der Waals surface area contributed by atoms with E-state index in [0.717, 1.165) is 30.4 Å². The summed E-state index contributed by atoms with van der Waals surface area (Å²) in [5.74, 6) is 3.07. The van der Waals surface area contributed by atoms with E-state index in [1.54, 1.807) is 6.07 Å². The largest absolute Gasteiger partial charge is 0.370 e. The maximum atomic E-state index is 5.94. The van der Waals surface area contributed by atoms with Crippen LogP contribution < -0.4 is 5.32 Å². The molecule has 0 saturated carbocycles. The molecule has 0 aliphatic rings. The quantitative estimate of drug-likeness (QED) is 0.628. The highest BCUT2D eigenvalue weighted by Crippen LogP contribution is 2.16. The van der Waals surface area contributed by atoms with Gasteiger partial charge in [-0.3, -0.25) is 0 Å². The Kier molecular flexibility index (Phi) is 5.91. The van der Waals surface area contributed by atoms with Crippen LogP contribution in [0.4, 0.5) is 5.82 Å². The second-order valence-electron chi connectivity index (χ2n) is 3.86. The zero-order chi connectivity index (χ0) is 12.0. The monoisotopic (exact) mass is 259 g/mol. The van der Waals surface area contributed by atoms with Crippen molar-refractivity contribution in [1.82, 2.24) is 9.97 Å². The molecule has 0 unspecified atom stereocenters. The highest BCUT2D eigenvalue weighted by molar-refractivity contribution is 7.98. The van der Waals surface area contributed by atoms with E-state index in [4.69, 9.17) is 11.6 Å². The molecule has 0 amide bonds. The van der Waals surface area contributed by atoms with Crippen LogP contribution in [0.25, 0.3) is 0 Å². The zero-order valence-corrected chi connectivity index (χ0v) is 11.5. The van der Waals surface area contributed by atoms with Crippen LogP contribution >= 0.6 is 23.4 Å². The van der Waals surface area contributed by atoms with Gasteiger partial charge in [0.1, 0.15) is 16.8 Å². The summed E-state index contributed by atoms with van der Waals surface area (Å²) in [5.41, 5.74) is 0. The highest BCUT2D eigenvalue weighted by atomic mass is 35.5. The van der Waals surface area contributed by atoms with Gasteiger partial charge in [-0.1, -0.05) is 25.4 Å². The van der Waals surface area contributed by atoms with Crippen molar-refractivity contribution < 1.29 is 0 Å². The third kappa shape index (κ3) is 4.58. The number of hydrogen-bond donors (Lipinski definition) is 1. The van der Waals surface area contributed by atoms with Gasteiger partial charge in [-0.15, -0.1) is 0 Å². The minimum absolute atomic E-state index is 0.297. The number of hydrogen-bond acceptors (Lipinski definition) is 4. The topological polar surface area (TPSA) is 37.8 Å². The molecule has 90 valence electrons. The smallest absolute Gasteiger partial charge is 0.135 e. The summed E-state index contributed by atoms with van der Waals surface area (Å²) in [6.45, 7) is 5.04. The lowest BCUT2D eigenvalue weighted by Gasteiger charge is -2.09. The van der Waals surface area contributed by atoms with Crippen LogP contribution in [-0.4, -0.2) is 28.5 Å². The summed E-state index contributed by atoms with van der Waals surface area (Å²) in [7, 11) is 0. The molecule has 5 heteroatoms. The molecule has 0 aromatic carbocycles. The molecule has 0 atom stereocenters. The van der Waals surface area contributed by atoms with Gasteiger partial charge >= 0.3 is 0 Å². The number of thioether (sulfide) groups is 1. The van der Waals surface area contributed by atoms with Gasteiger partial charge in [-0.25, -0.2) is 9.97 Å². The lowest BCUT2D eigenvalue weighted by Crippen LogP contribution is -2.07. The molecule has 1 aromatic heterocycles. The molecule has 1 rings (SSSR count). The van der Waals surface area contributed by atoms with Crippen molar-refractivity contribution in [2.75, 3.05) is 23.9 Å². The molecule has 1 aromatic rings. The zero-order valence-electron chi connectivity index (χ0n) is 9.96. The summed E-state index contributed by atoms with van der Waals surface area (Å²) in [4.78, 5) is 8.61. The fourth-order valence-electron chi connectivity index (χ4n) is 1.22. The summed E-state index contributed by atoms with van der Waals surface area (Å²) in [5, 5.41) is 3.77. The number of anilines is 1. The molecule has 0 aliphatic heterocycles. The molecule has 1 heterocycles. The Morgan fingerprint density at radius 3 is 2.81 bits per heavy atom. The van der Waals surface area contributed by atoms with Gasteiger partial charge in [0, 0.05) is 18.5 Å². The summed E-state index contributed by atoms with van der Waals surface area (Å²) < 4.78 is 0. The van der Waals surface area contributed by atoms with Crippen molar-refractivity contribution in [3.05, 3.63) is 17.0 Å². The second kappa shape index (κ2) is 6.97. The lowest BCUT2D eigenvalue weighted by atomic mass is 10.2. The average Bonchev–Trinajstić information content (AvgIpc) is 2.23. The van der Waals surface area contributed by atoms with Crippen LogP contribution in [0.3, 0.4) is 0 Å². The Hall–Kier alpha value is -0.480. The average molecular weight is 260 g/mol. The van der Waals surface area contributed by atoms with Crippen molar-refractivity contribution in [3.63, 3.8) is 0 Å².